The maximum atomic E-state index is 12.0. The Bertz CT molecular complexity index is 1420. The highest BCUT2D eigenvalue weighted by Crippen LogP contribution is 2.25. The van der Waals surface area contributed by atoms with Crippen LogP contribution in [0.4, 0.5) is 0 Å². The maximum absolute atomic E-state index is 12.0. The molecule has 0 saturated heterocycles. The van der Waals surface area contributed by atoms with Gasteiger partial charge >= 0.3 is 0 Å². The number of para-hydroxylation sites is 2. The van der Waals surface area contributed by atoms with E-state index in [-0.39, 0.29) is 5.91 Å². The standard InChI is InChI=1S/C30H31N3O3/c34-30(28-17-9-21-36-28)31-19-7-1-2-18-29-32-25-14-5-6-15-26(25)33(29)20-10-22-35-27-16-8-12-23-11-3-4-13-24(23)27/h3-6,8-9,11-17,21H,1-2,7,10,18-20,22H2,(H,31,34). The predicted molar refractivity (Wildman–Crippen MR) is 142 cm³/mol. The number of carbonyl (C=O) groups is 1. The van der Waals surface area contributed by atoms with Gasteiger partial charge < -0.3 is 19.0 Å². The Balaban J connectivity index is 1.13. The van der Waals surface area contributed by atoms with Gasteiger partial charge in [-0.3, -0.25) is 4.79 Å². The fourth-order valence-electron chi connectivity index (χ4n) is 4.57. The van der Waals surface area contributed by atoms with Crippen molar-refractivity contribution in [3.8, 4) is 5.75 Å². The van der Waals surface area contributed by atoms with E-state index in [0.717, 1.165) is 61.1 Å². The lowest BCUT2D eigenvalue weighted by Gasteiger charge is -2.12. The van der Waals surface area contributed by atoms with Gasteiger partial charge in [-0.2, -0.15) is 0 Å². The summed E-state index contributed by atoms with van der Waals surface area (Å²) in [6, 6.07) is 26.2. The monoisotopic (exact) mass is 481 g/mol. The molecule has 0 saturated carbocycles. The first-order valence-corrected chi connectivity index (χ1v) is 12.7. The molecule has 0 unspecified atom stereocenters. The van der Waals surface area contributed by atoms with Crippen molar-refractivity contribution in [3.63, 3.8) is 0 Å². The minimum absolute atomic E-state index is 0.160. The van der Waals surface area contributed by atoms with E-state index < -0.39 is 0 Å². The highest BCUT2D eigenvalue weighted by Gasteiger charge is 2.11. The molecule has 0 bridgehead atoms. The number of amides is 1. The number of benzene rings is 3. The molecule has 5 rings (SSSR count). The molecule has 0 aliphatic carbocycles. The number of nitrogens with one attached hydrogen (secondary N) is 1. The molecule has 0 aliphatic rings. The van der Waals surface area contributed by atoms with E-state index in [1.807, 2.05) is 24.3 Å². The molecule has 6 nitrogen and oxygen atoms in total. The van der Waals surface area contributed by atoms with Crippen LogP contribution in [0.15, 0.2) is 89.5 Å². The zero-order valence-electron chi connectivity index (χ0n) is 20.4. The van der Waals surface area contributed by atoms with Crippen molar-refractivity contribution in [2.75, 3.05) is 13.2 Å². The van der Waals surface area contributed by atoms with Gasteiger partial charge in [0.15, 0.2) is 5.76 Å². The van der Waals surface area contributed by atoms with Gasteiger partial charge in [0.05, 0.1) is 23.9 Å². The minimum Gasteiger partial charge on any atom is -0.493 e. The summed E-state index contributed by atoms with van der Waals surface area (Å²) in [5, 5.41) is 5.25. The molecular formula is C30H31N3O3. The second kappa shape index (κ2) is 11.6. The number of aryl methyl sites for hydroxylation is 2. The quantitative estimate of drug-likeness (QED) is 0.210. The number of unbranched alkanes of at least 4 members (excludes halogenated alkanes) is 2. The maximum Gasteiger partial charge on any atom is 0.286 e. The molecule has 1 amide bonds. The second-order valence-electron chi connectivity index (χ2n) is 8.89. The van der Waals surface area contributed by atoms with Gasteiger partial charge in [0.1, 0.15) is 11.6 Å². The minimum atomic E-state index is -0.160. The third kappa shape index (κ3) is 5.60. The third-order valence-electron chi connectivity index (χ3n) is 6.37. The molecule has 0 fully saturated rings. The average molecular weight is 482 g/mol. The summed E-state index contributed by atoms with van der Waals surface area (Å²) in [5.74, 6) is 2.24. The lowest BCUT2D eigenvalue weighted by Crippen LogP contribution is -2.23. The number of nitrogens with zero attached hydrogens (tertiary/aromatic N) is 2. The smallest absolute Gasteiger partial charge is 0.286 e. The van der Waals surface area contributed by atoms with Gasteiger partial charge in [-0.25, -0.2) is 4.98 Å². The van der Waals surface area contributed by atoms with Crippen LogP contribution in [0.5, 0.6) is 5.75 Å². The van der Waals surface area contributed by atoms with Gasteiger partial charge in [-0.15, -0.1) is 0 Å². The van der Waals surface area contributed by atoms with Crippen LogP contribution in [-0.2, 0) is 13.0 Å². The molecule has 0 radical (unpaired) electrons. The first-order chi connectivity index (χ1) is 17.8. The zero-order valence-corrected chi connectivity index (χ0v) is 20.4. The number of hydrogen-bond acceptors (Lipinski definition) is 4. The Kier molecular flexibility index (Phi) is 7.61. The number of furan rings is 1. The van der Waals surface area contributed by atoms with Crippen LogP contribution in [0.1, 0.15) is 42.1 Å². The van der Waals surface area contributed by atoms with Crippen molar-refractivity contribution >= 4 is 27.7 Å². The molecule has 1 N–H and O–H groups in total. The number of rotatable bonds is 12. The summed E-state index contributed by atoms with van der Waals surface area (Å²) in [7, 11) is 0. The lowest BCUT2D eigenvalue weighted by molar-refractivity contribution is 0.0925. The van der Waals surface area contributed by atoms with Crippen LogP contribution >= 0.6 is 0 Å². The van der Waals surface area contributed by atoms with Crippen molar-refractivity contribution in [1.29, 1.82) is 0 Å². The number of carbonyl (C=O) groups excluding carboxylic acids is 1. The number of aromatic nitrogens is 2. The summed E-state index contributed by atoms with van der Waals surface area (Å²) in [6.45, 7) is 2.15. The van der Waals surface area contributed by atoms with Crippen LogP contribution in [-0.4, -0.2) is 28.6 Å². The average Bonchev–Trinajstić information content (AvgIpc) is 3.57. The summed E-state index contributed by atoms with van der Waals surface area (Å²) in [5.41, 5.74) is 2.21. The number of fused-ring (bicyclic) bond motifs is 2. The van der Waals surface area contributed by atoms with E-state index in [1.54, 1.807) is 12.1 Å². The van der Waals surface area contributed by atoms with E-state index in [9.17, 15) is 4.79 Å². The van der Waals surface area contributed by atoms with Gasteiger partial charge in [0.2, 0.25) is 0 Å². The predicted octanol–water partition coefficient (Wildman–Crippen LogP) is 6.39. The molecule has 0 atom stereocenters. The van der Waals surface area contributed by atoms with Crippen LogP contribution in [0.3, 0.4) is 0 Å². The summed E-state index contributed by atoms with van der Waals surface area (Å²) < 4.78 is 13.6. The second-order valence-corrected chi connectivity index (χ2v) is 8.89. The molecule has 6 heteroatoms. The summed E-state index contributed by atoms with van der Waals surface area (Å²) in [4.78, 5) is 16.9. The van der Waals surface area contributed by atoms with Crippen molar-refractivity contribution in [2.24, 2.45) is 0 Å². The van der Waals surface area contributed by atoms with Crippen molar-refractivity contribution in [3.05, 3.63) is 96.7 Å². The SMILES string of the molecule is O=C(NCCCCCc1nc2ccccc2n1CCCOc1cccc2ccccc12)c1ccco1. The highest BCUT2D eigenvalue weighted by molar-refractivity contribution is 5.91. The number of ether oxygens (including phenoxy) is 1. The van der Waals surface area contributed by atoms with Gasteiger partial charge in [0.25, 0.3) is 5.91 Å². The van der Waals surface area contributed by atoms with Gasteiger partial charge in [-0.1, -0.05) is 55.0 Å². The first-order valence-electron chi connectivity index (χ1n) is 12.7. The van der Waals surface area contributed by atoms with Crippen LogP contribution in [0, 0.1) is 0 Å². The van der Waals surface area contributed by atoms with E-state index in [4.69, 9.17) is 14.1 Å². The fraction of sp³-hybridized carbons (Fsp3) is 0.267. The summed E-state index contributed by atoms with van der Waals surface area (Å²) >= 11 is 0. The summed E-state index contributed by atoms with van der Waals surface area (Å²) in [6.07, 6.45) is 6.28. The van der Waals surface area contributed by atoms with Gasteiger partial charge in [-0.05, 0) is 55.0 Å². The molecule has 184 valence electrons. The van der Waals surface area contributed by atoms with E-state index in [0.29, 0.717) is 18.9 Å². The van der Waals surface area contributed by atoms with Crippen LogP contribution < -0.4 is 10.1 Å². The van der Waals surface area contributed by atoms with E-state index in [2.05, 4.69) is 52.3 Å². The molecule has 0 aliphatic heterocycles. The molecule has 2 heterocycles. The zero-order chi connectivity index (χ0) is 24.6. The van der Waals surface area contributed by atoms with Crippen molar-refractivity contribution in [2.45, 2.75) is 38.6 Å². The molecular weight excluding hydrogens is 450 g/mol. The van der Waals surface area contributed by atoms with Crippen molar-refractivity contribution in [1.82, 2.24) is 14.9 Å². The van der Waals surface area contributed by atoms with E-state index in [1.165, 1.54) is 17.2 Å². The van der Waals surface area contributed by atoms with Crippen LogP contribution in [0.25, 0.3) is 21.8 Å². The molecule has 5 aromatic rings. The molecule has 0 spiro atoms. The molecule has 3 aromatic carbocycles. The Morgan fingerprint density at radius 1 is 0.889 bits per heavy atom. The number of hydrogen-bond donors (Lipinski definition) is 1. The molecule has 2 aromatic heterocycles. The lowest BCUT2D eigenvalue weighted by atomic mass is 10.1. The topological polar surface area (TPSA) is 69.3 Å². The largest absolute Gasteiger partial charge is 0.493 e. The number of imidazole rings is 1. The third-order valence-corrected chi connectivity index (χ3v) is 6.37. The Morgan fingerprint density at radius 3 is 2.67 bits per heavy atom. The highest BCUT2D eigenvalue weighted by atomic mass is 16.5. The van der Waals surface area contributed by atoms with Crippen molar-refractivity contribution < 1.29 is 13.9 Å². The van der Waals surface area contributed by atoms with Gasteiger partial charge in [0, 0.05) is 24.9 Å². The fourth-order valence-corrected chi connectivity index (χ4v) is 4.57. The normalized spacial score (nSPS) is 11.2. The Labute approximate surface area is 210 Å². The first kappa shape index (κ1) is 23.7. The van der Waals surface area contributed by atoms with Crippen LogP contribution in [0.2, 0.25) is 0 Å². The van der Waals surface area contributed by atoms with E-state index >= 15 is 0 Å². The Morgan fingerprint density at radius 2 is 1.75 bits per heavy atom. The molecule has 36 heavy (non-hydrogen) atoms. The Hall–Kier alpha value is -4.06.